The number of hydrogen-bond donors (Lipinski definition) is 3. The van der Waals surface area contributed by atoms with Gasteiger partial charge in [0.2, 0.25) is 0 Å². The predicted molar refractivity (Wildman–Crippen MR) is 113 cm³/mol. The Balaban J connectivity index is 1.35. The Kier molecular flexibility index (Phi) is 5.90. The van der Waals surface area contributed by atoms with Crippen molar-refractivity contribution in [2.75, 3.05) is 31.6 Å². The smallest absolute Gasteiger partial charge is 0.326 e. The molecule has 1 fully saturated rings. The molecule has 3 N–H and O–H groups in total. The molecule has 7 nitrogen and oxygen atoms in total. The average molecular weight is 410 g/mol. The molecule has 4 rings (SSSR count). The molecule has 2 heterocycles. The largest absolute Gasteiger partial charge is 0.486 e. The summed E-state index contributed by atoms with van der Waals surface area (Å²) in [6, 6.07) is 11.4. The number of benzene rings is 2. The number of aryl methyl sites for hydroxylation is 2. The maximum absolute atomic E-state index is 12.5. The Morgan fingerprint density at radius 2 is 1.83 bits per heavy atom. The van der Waals surface area contributed by atoms with Gasteiger partial charge < -0.3 is 19.7 Å². The van der Waals surface area contributed by atoms with Gasteiger partial charge in [-0.15, -0.1) is 0 Å². The lowest BCUT2D eigenvalue weighted by atomic mass is 10.0. The van der Waals surface area contributed by atoms with Crippen molar-refractivity contribution >= 4 is 17.6 Å². The molecule has 0 spiro atoms. The van der Waals surface area contributed by atoms with Gasteiger partial charge in [0.1, 0.15) is 19.3 Å². The number of likely N-dealkylation sites (tertiary alicyclic amines) is 1. The Morgan fingerprint density at radius 3 is 2.63 bits per heavy atom. The lowest BCUT2D eigenvalue weighted by Crippen LogP contribution is -3.11. The number of imide groups is 1. The van der Waals surface area contributed by atoms with Crippen LogP contribution in [0.25, 0.3) is 0 Å². The van der Waals surface area contributed by atoms with Crippen LogP contribution in [0.2, 0.25) is 0 Å². The minimum Gasteiger partial charge on any atom is -0.486 e. The van der Waals surface area contributed by atoms with Crippen LogP contribution in [0.3, 0.4) is 0 Å². The third-order valence-electron chi connectivity index (χ3n) is 5.86. The number of fused-ring (bicyclic) bond motifs is 1. The monoisotopic (exact) mass is 410 g/mol. The van der Waals surface area contributed by atoms with E-state index in [0.717, 1.165) is 52.5 Å². The number of nitrogens with one attached hydrogen (secondary N) is 3. The molecule has 0 aromatic heterocycles. The van der Waals surface area contributed by atoms with E-state index < -0.39 is 6.03 Å². The number of carbonyl (C=O) groups is 2. The summed E-state index contributed by atoms with van der Waals surface area (Å²) >= 11 is 0. The molecule has 3 amide bonds. The first-order chi connectivity index (χ1) is 14.5. The predicted octanol–water partition coefficient (Wildman–Crippen LogP) is 2.14. The van der Waals surface area contributed by atoms with Crippen LogP contribution in [-0.2, 0) is 4.79 Å². The van der Waals surface area contributed by atoms with Gasteiger partial charge in [-0.25, -0.2) is 4.79 Å². The van der Waals surface area contributed by atoms with Gasteiger partial charge in [-0.2, -0.15) is 0 Å². The van der Waals surface area contributed by atoms with E-state index in [1.165, 1.54) is 0 Å². The Hall–Kier alpha value is -3.06. The van der Waals surface area contributed by atoms with Gasteiger partial charge in [0.05, 0.1) is 6.54 Å². The zero-order valence-electron chi connectivity index (χ0n) is 17.4. The molecule has 2 aromatic rings. The van der Waals surface area contributed by atoms with Gasteiger partial charge in [0.15, 0.2) is 18.0 Å². The first-order valence-electron chi connectivity index (χ1n) is 10.4. The van der Waals surface area contributed by atoms with Crippen molar-refractivity contribution in [3.8, 4) is 11.5 Å². The number of amides is 3. The van der Waals surface area contributed by atoms with E-state index in [-0.39, 0.29) is 18.5 Å². The van der Waals surface area contributed by atoms with Crippen LogP contribution in [-0.4, -0.2) is 38.2 Å². The van der Waals surface area contributed by atoms with Crippen molar-refractivity contribution in [3.63, 3.8) is 0 Å². The summed E-state index contributed by atoms with van der Waals surface area (Å²) < 4.78 is 11.3. The van der Waals surface area contributed by atoms with Crippen LogP contribution in [0.1, 0.15) is 35.6 Å². The third kappa shape index (κ3) is 4.57. The van der Waals surface area contributed by atoms with Crippen LogP contribution >= 0.6 is 0 Å². The van der Waals surface area contributed by atoms with Crippen LogP contribution in [0.5, 0.6) is 11.5 Å². The standard InChI is InChI=1S/C23H27N3O4/c1-15-5-7-18(12-16(15)2)24-23(28)25-22(27)14-26-9-3-4-19(26)17-6-8-20-21(13-17)30-11-10-29-20/h5-8,12-13,19H,3-4,9-11,14H2,1-2H3,(H2,24,25,27,28)/p+1/t19-/m0/s1. The maximum Gasteiger partial charge on any atom is 0.326 e. The molecule has 1 unspecified atom stereocenters. The number of rotatable bonds is 4. The number of quaternary nitrogens is 1. The van der Waals surface area contributed by atoms with E-state index in [4.69, 9.17) is 9.47 Å². The molecule has 0 bridgehead atoms. The van der Waals surface area contributed by atoms with Gasteiger partial charge in [0, 0.05) is 24.1 Å². The summed E-state index contributed by atoms with van der Waals surface area (Å²) in [4.78, 5) is 25.9. The van der Waals surface area contributed by atoms with E-state index >= 15 is 0 Å². The number of urea groups is 1. The lowest BCUT2D eigenvalue weighted by molar-refractivity contribution is -0.910. The summed E-state index contributed by atoms with van der Waals surface area (Å²) in [5.41, 5.74) is 4.05. The summed E-state index contributed by atoms with van der Waals surface area (Å²) in [6.45, 7) is 6.26. The van der Waals surface area contributed by atoms with E-state index in [0.29, 0.717) is 18.9 Å². The van der Waals surface area contributed by atoms with E-state index in [1.807, 2.05) is 50.2 Å². The number of hydrogen-bond acceptors (Lipinski definition) is 4. The number of carbonyl (C=O) groups excluding carboxylic acids is 2. The molecular formula is C23H28N3O4+. The van der Waals surface area contributed by atoms with Crippen molar-refractivity contribution < 1.29 is 24.0 Å². The van der Waals surface area contributed by atoms with E-state index in [9.17, 15) is 9.59 Å². The first-order valence-corrected chi connectivity index (χ1v) is 10.4. The minimum absolute atomic E-state index is 0.203. The van der Waals surface area contributed by atoms with Crippen molar-refractivity contribution in [2.45, 2.75) is 32.7 Å². The van der Waals surface area contributed by atoms with Crippen LogP contribution in [0, 0.1) is 13.8 Å². The van der Waals surface area contributed by atoms with Gasteiger partial charge in [-0.1, -0.05) is 6.07 Å². The fourth-order valence-electron chi connectivity index (χ4n) is 4.16. The second-order valence-electron chi connectivity index (χ2n) is 7.98. The molecule has 0 saturated carbocycles. The van der Waals surface area contributed by atoms with E-state index in [1.54, 1.807) is 0 Å². The highest BCUT2D eigenvalue weighted by molar-refractivity contribution is 6.01. The summed E-state index contributed by atoms with van der Waals surface area (Å²) in [6.07, 6.45) is 2.04. The third-order valence-corrected chi connectivity index (χ3v) is 5.86. The quantitative estimate of drug-likeness (QED) is 0.722. The van der Waals surface area contributed by atoms with E-state index in [2.05, 4.69) is 10.6 Å². The Morgan fingerprint density at radius 1 is 1.03 bits per heavy atom. The maximum atomic E-state index is 12.5. The zero-order chi connectivity index (χ0) is 21.1. The fraction of sp³-hybridized carbons (Fsp3) is 0.391. The van der Waals surface area contributed by atoms with Crippen molar-refractivity contribution in [2.24, 2.45) is 0 Å². The molecule has 0 aliphatic carbocycles. The van der Waals surface area contributed by atoms with Crippen molar-refractivity contribution in [1.29, 1.82) is 0 Å². The fourth-order valence-corrected chi connectivity index (χ4v) is 4.16. The topological polar surface area (TPSA) is 81.1 Å². The van der Waals surface area contributed by atoms with Crippen LogP contribution in [0.4, 0.5) is 10.5 Å². The van der Waals surface area contributed by atoms with Crippen molar-refractivity contribution in [1.82, 2.24) is 5.32 Å². The summed E-state index contributed by atoms with van der Waals surface area (Å²) in [5, 5.41) is 5.19. The molecule has 2 atom stereocenters. The molecule has 2 aliphatic heterocycles. The number of ether oxygens (including phenoxy) is 2. The molecule has 30 heavy (non-hydrogen) atoms. The normalized spacial score (nSPS) is 19.9. The second-order valence-corrected chi connectivity index (χ2v) is 7.98. The highest BCUT2D eigenvalue weighted by Crippen LogP contribution is 2.33. The van der Waals surface area contributed by atoms with Crippen LogP contribution in [0.15, 0.2) is 36.4 Å². The molecule has 2 aromatic carbocycles. The van der Waals surface area contributed by atoms with Gasteiger partial charge in [0.25, 0.3) is 5.91 Å². The Bertz CT molecular complexity index is 959. The minimum atomic E-state index is -0.502. The second kappa shape index (κ2) is 8.75. The molecule has 158 valence electrons. The highest BCUT2D eigenvalue weighted by atomic mass is 16.6. The summed E-state index contributed by atoms with van der Waals surface area (Å²) in [5.74, 6) is 1.25. The number of anilines is 1. The molecule has 2 aliphatic rings. The molecule has 0 radical (unpaired) electrons. The van der Waals surface area contributed by atoms with Crippen LogP contribution < -0.4 is 25.0 Å². The Labute approximate surface area is 176 Å². The molecular weight excluding hydrogens is 382 g/mol. The van der Waals surface area contributed by atoms with Gasteiger partial charge in [-0.05, 0) is 55.3 Å². The zero-order valence-corrected chi connectivity index (χ0v) is 17.4. The first kappa shape index (κ1) is 20.2. The molecule has 7 heteroatoms. The SMILES string of the molecule is Cc1ccc(NC(=O)NC(=O)C[NH+]2CCC[C@H]2c2ccc3c(c2)OCCO3)cc1C. The highest BCUT2D eigenvalue weighted by Gasteiger charge is 2.32. The lowest BCUT2D eigenvalue weighted by Gasteiger charge is -2.23. The van der Waals surface area contributed by atoms with Gasteiger partial charge in [-0.3, -0.25) is 10.1 Å². The van der Waals surface area contributed by atoms with Crippen molar-refractivity contribution in [3.05, 3.63) is 53.1 Å². The molecule has 1 saturated heterocycles. The summed E-state index contributed by atoms with van der Waals surface area (Å²) in [7, 11) is 0. The van der Waals surface area contributed by atoms with Gasteiger partial charge >= 0.3 is 6.03 Å². The average Bonchev–Trinajstić information content (AvgIpc) is 3.18.